The molecule has 0 saturated heterocycles. The highest BCUT2D eigenvalue weighted by atomic mass is 32.2. The van der Waals surface area contributed by atoms with Crippen molar-refractivity contribution in [3.05, 3.63) is 113 Å². The molecule has 1 N–H and O–H groups in total. The minimum absolute atomic E-state index is 0.106. The van der Waals surface area contributed by atoms with Crippen LogP contribution in [0.2, 0.25) is 0 Å². The number of carbonyl (C=O) groups excluding carboxylic acids is 1. The highest BCUT2D eigenvalue weighted by Crippen LogP contribution is 2.31. The van der Waals surface area contributed by atoms with Crippen LogP contribution in [-0.2, 0) is 16.0 Å². The quantitative estimate of drug-likeness (QED) is 0.0715. The first kappa shape index (κ1) is 36.5. The van der Waals surface area contributed by atoms with Gasteiger partial charge in [0.05, 0.1) is 17.3 Å². The second kappa shape index (κ2) is 20.4. The summed E-state index contributed by atoms with van der Waals surface area (Å²) in [4.78, 5) is 15.2. The summed E-state index contributed by atoms with van der Waals surface area (Å²) in [6.45, 7) is 25.0. The van der Waals surface area contributed by atoms with Gasteiger partial charge in [0.2, 0.25) is 5.91 Å². The van der Waals surface area contributed by atoms with Gasteiger partial charge in [0, 0.05) is 25.6 Å². The average molecular weight is 587 g/mol. The third-order valence-corrected chi connectivity index (χ3v) is 7.12. The molecule has 2 radical (unpaired) electrons. The van der Waals surface area contributed by atoms with Crippen molar-refractivity contribution >= 4 is 31.3 Å². The number of thioether (sulfide) groups is 1. The van der Waals surface area contributed by atoms with Crippen LogP contribution in [0.15, 0.2) is 107 Å². The standard InChI is InChI=1S/C34H47BN4O2S/c1-10-13-16-25(4)22-34(40)36-33-20-19-31(37-38-33)18-15-14-17-27(6)42-29(8)39(9)26(5)23-30(12-3)24-32(28(7)35)41-21-11-2/h10,12-13,16,19-20,24H,5-8,11,14-15,17-18,21-23H2,1-4,9H3,(H,36,38,40)/b13-10-,25-16+,30-12-,32-24+. The summed E-state index contributed by atoms with van der Waals surface area (Å²) in [5.74, 6) is 0.948. The van der Waals surface area contributed by atoms with Gasteiger partial charge in [-0.3, -0.25) is 4.79 Å². The number of rotatable bonds is 20. The van der Waals surface area contributed by atoms with Crippen molar-refractivity contribution in [2.24, 2.45) is 0 Å². The molecule has 0 aliphatic heterocycles. The molecule has 0 bridgehead atoms. The average Bonchev–Trinajstić information content (AvgIpc) is 2.95. The van der Waals surface area contributed by atoms with E-state index >= 15 is 0 Å². The van der Waals surface area contributed by atoms with Crippen LogP contribution in [0.25, 0.3) is 0 Å². The molecule has 1 aromatic heterocycles. The maximum Gasteiger partial charge on any atom is 0.229 e. The largest absolute Gasteiger partial charge is 0.494 e. The van der Waals surface area contributed by atoms with Crippen molar-refractivity contribution < 1.29 is 9.53 Å². The Labute approximate surface area is 259 Å². The Morgan fingerprint density at radius 3 is 2.48 bits per heavy atom. The molecule has 0 unspecified atom stereocenters. The van der Waals surface area contributed by atoms with E-state index < -0.39 is 0 Å². The van der Waals surface area contributed by atoms with Gasteiger partial charge in [-0.1, -0.05) is 73.8 Å². The fourth-order valence-corrected chi connectivity index (χ4v) is 4.45. The van der Waals surface area contributed by atoms with Crippen LogP contribution >= 0.6 is 11.8 Å². The molecule has 0 fully saturated rings. The van der Waals surface area contributed by atoms with Crippen LogP contribution in [0.4, 0.5) is 5.82 Å². The molecule has 0 saturated carbocycles. The number of carbonyl (C=O) groups is 1. The number of aromatic nitrogens is 2. The SMILES string of the molecule is [B]C(=C)/C(=C\C(=C/C)CC(=C)N(C)C(=C)SC(=C)CCCCc1ccc(NC(=O)C/C(C)=C/C=C\C)nn1)OCCC. The molecule has 0 aliphatic carbocycles. The fourth-order valence-electron chi connectivity index (χ4n) is 3.61. The lowest BCUT2D eigenvalue weighted by atomic mass is 9.94. The van der Waals surface area contributed by atoms with Crippen LogP contribution in [-0.4, -0.2) is 42.5 Å². The molecule has 1 aromatic rings. The maximum atomic E-state index is 12.2. The monoisotopic (exact) mass is 586 g/mol. The van der Waals surface area contributed by atoms with Crippen LogP contribution in [0.5, 0.6) is 0 Å². The highest BCUT2D eigenvalue weighted by Gasteiger charge is 2.11. The van der Waals surface area contributed by atoms with E-state index in [0.717, 1.165) is 64.6 Å². The Bertz CT molecular complexity index is 1210. The molecule has 1 rings (SSSR count). The van der Waals surface area contributed by atoms with E-state index in [9.17, 15) is 4.79 Å². The van der Waals surface area contributed by atoms with E-state index in [0.29, 0.717) is 36.5 Å². The Kier molecular flexibility index (Phi) is 17.7. The number of unbranched alkanes of at least 4 members (excludes halogenated alkanes) is 1. The zero-order valence-corrected chi connectivity index (χ0v) is 27.0. The van der Waals surface area contributed by atoms with Gasteiger partial charge in [0.25, 0.3) is 0 Å². The first-order valence-electron chi connectivity index (χ1n) is 14.3. The van der Waals surface area contributed by atoms with E-state index in [1.165, 1.54) is 0 Å². The summed E-state index contributed by atoms with van der Waals surface area (Å²) >= 11 is 1.57. The minimum atomic E-state index is -0.106. The van der Waals surface area contributed by atoms with Crippen molar-refractivity contribution in [3.8, 4) is 0 Å². The Morgan fingerprint density at radius 1 is 1.14 bits per heavy atom. The predicted molar refractivity (Wildman–Crippen MR) is 182 cm³/mol. The molecule has 0 spiro atoms. The summed E-state index contributed by atoms with van der Waals surface area (Å²) in [6, 6.07) is 3.71. The predicted octanol–water partition coefficient (Wildman–Crippen LogP) is 8.53. The zero-order valence-electron chi connectivity index (χ0n) is 26.2. The summed E-state index contributed by atoms with van der Waals surface area (Å²) < 4.78 is 5.74. The van der Waals surface area contributed by atoms with Crippen molar-refractivity contribution in [3.63, 3.8) is 0 Å². The zero-order chi connectivity index (χ0) is 31.5. The van der Waals surface area contributed by atoms with Gasteiger partial charge in [0.1, 0.15) is 13.6 Å². The smallest absolute Gasteiger partial charge is 0.229 e. The number of allylic oxidation sites excluding steroid dienone is 8. The topological polar surface area (TPSA) is 67.4 Å². The number of hydrogen-bond donors (Lipinski definition) is 1. The van der Waals surface area contributed by atoms with Crippen molar-refractivity contribution in [2.75, 3.05) is 19.0 Å². The van der Waals surface area contributed by atoms with Crippen LogP contribution in [0.3, 0.4) is 0 Å². The molecule has 224 valence electrons. The van der Waals surface area contributed by atoms with Gasteiger partial charge in [-0.2, -0.15) is 5.10 Å². The number of aryl methyl sites for hydroxylation is 1. The number of nitrogens with one attached hydrogen (secondary N) is 1. The summed E-state index contributed by atoms with van der Waals surface area (Å²) in [7, 11) is 7.87. The molecule has 0 aliphatic rings. The summed E-state index contributed by atoms with van der Waals surface area (Å²) in [6.07, 6.45) is 15.1. The van der Waals surface area contributed by atoms with E-state index in [1.54, 1.807) is 17.8 Å². The van der Waals surface area contributed by atoms with E-state index in [1.807, 2.05) is 76.1 Å². The molecular formula is C34H47BN4O2S. The lowest BCUT2D eigenvalue weighted by Gasteiger charge is -2.24. The van der Waals surface area contributed by atoms with Crippen LogP contribution in [0, 0.1) is 0 Å². The Hall–Kier alpha value is -3.52. The molecule has 0 atom stereocenters. The molecule has 42 heavy (non-hydrogen) atoms. The van der Waals surface area contributed by atoms with Crippen LogP contribution in [0.1, 0.15) is 71.9 Å². The minimum Gasteiger partial charge on any atom is -0.494 e. The number of hydrogen-bond acceptors (Lipinski definition) is 6. The normalized spacial score (nSPS) is 12.3. The van der Waals surface area contributed by atoms with E-state index in [2.05, 4.69) is 41.8 Å². The fraction of sp³-hybridized carbons (Fsp3) is 0.382. The van der Waals surface area contributed by atoms with Gasteiger partial charge in [-0.15, -0.1) is 11.7 Å². The lowest BCUT2D eigenvalue weighted by Crippen LogP contribution is -2.14. The van der Waals surface area contributed by atoms with E-state index in [-0.39, 0.29) is 5.91 Å². The number of anilines is 1. The van der Waals surface area contributed by atoms with Crippen molar-refractivity contribution in [1.29, 1.82) is 0 Å². The lowest BCUT2D eigenvalue weighted by molar-refractivity contribution is -0.115. The van der Waals surface area contributed by atoms with Gasteiger partial charge < -0.3 is 15.0 Å². The molecular weight excluding hydrogens is 539 g/mol. The molecule has 8 heteroatoms. The van der Waals surface area contributed by atoms with Crippen molar-refractivity contribution in [1.82, 2.24) is 15.1 Å². The molecule has 1 heterocycles. The first-order chi connectivity index (χ1) is 20.0. The van der Waals surface area contributed by atoms with Gasteiger partial charge in [-0.05, 0) is 81.6 Å². The van der Waals surface area contributed by atoms with E-state index in [4.69, 9.17) is 12.6 Å². The Balaban J connectivity index is 2.47. The second-order valence-corrected chi connectivity index (χ2v) is 11.2. The second-order valence-electron chi connectivity index (χ2n) is 9.96. The number of ether oxygens (including phenoxy) is 1. The number of amides is 1. The van der Waals surface area contributed by atoms with Gasteiger partial charge in [0.15, 0.2) is 5.82 Å². The van der Waals surface area contributed by atoms with Crippen LogP contribution < -0.4 is 5.32 Å². The molecule has 1 amide bonds. The highest BCUT2D eigenvalue weighted by molar-refractivity contribution is 8.06. The molecule has 0 aromatic carbocycles. The Morgan fingerprint density at radius 2 is 1.88 bits per heavy atom. The maximum absolute atomic E-state index is 12.2. The summed E-state index contributed by atoms with van der Waals surface area (Å²) in [5.41, 5.74) is 4.22. The first-order valence-corrected chi connectivity index (χ1v) is 15.1. The number of nitrogens with zero attached hydrogens (tertiary/aromatic N) is 3. The molecule has 6 nitrogen and oxygen atoms in total. The summed E-state index contributed by atoms with van der Waals surface area (Å²) in [5, 5.41) is 12.1. The van der Waals surface area contributed by atoms with Gasteiger partial charge >= 0.3 is 0 Å². The van der Waals surface area contributed by atoms with Crippen molar-refractivity contribution in [2.45, 2.75) is 72.6 Å². The third-order valence-electron chi connectivity index (χ3n) is 6.12. The van der Waals surface area contributed by atoms with Gasteiger partial charge in [-0.25, -0.2) is 0 Å². The third kappa shape index (κ3) is 14.9.